The minimum atomic E-state index is 0.574. The average Bonchev–Trinajstić information content (AvgIpc) is 3.83. The maximum atomic E-state index is 6.60. The molecule has 0 radical (unpaired) electrons. The third-order valence-electron chi connectivity index (χ3n) is 10.3. The van der Waals surface area contributed by atoms with Crippen LogP contribution in [0.4, 0.5) is 0 Å². The van der Waals surface area contributed by atoms with E-state index in [1.165, 1.54) is 0 Å². The van der Waals surface area contributed by atoms with Crippen molar-refractivity contribution >= 4 is 54.6 Å². The van der Waals surface area contributed by atoms with Crippen molar-refractivity contribution in [1.29, 1.82) is 0 Å². The van der Waals surface area contributed by atoms with Crippen molar-refractivity contribution in [3.8, 4) is 56.4 Å². The Morgan fingerprint density at radius 1 is 0.296 bits per heavy atom. The number of nitrogens with zero attached hydrogens (tertiary/aromatic N) is 3. The highest BCUT2D eigenvalue weighted by atomic mass is 16.3. The lowest BCUT2D eigenvalue weighted by atomic mass is 9.94. The summed E-state index contributed by atoms with van der Waals surface area (Å²) in [6.45, 7) is 0. The molecule has 0 bridgehead atoms. The van der Waals surface area contributed by atoms with E-state index < -0.39 is 0 Å². The summed E-state index contributed by atoms with van der Waals surface area (Å²) in [5, 5.41) is 6.39. The van der Waals surface area contributed by atoms with Gasteiger partial charge in [0.05, 0.1) is 0 Å². The Labute approximate surface area is 309 Å². The van der Waals surface area contributed by atoms with Gasteiger partial charge in [0.1, 0.15) is 22.3 Å². The monoisotopic (exact) mass is 691 g/mol. The summed E-state index contributed by atoms with van der Waals surface area (Å²) in [5.74, 6) is 1.78. The second-order valence-electron chi connectivity index (χ2n) is 13.5. The standard InChI is InChI=1S/C49H29N3O2/c1-2-11-30(12-3-1)32-23-26-33(27-24-32)47-50-48(35-28-25-31-13-4-5-14-34(31)29-35)52-49(51-47)39-18-10-22-43-46(39)45-37(17-9-21-42(45)54-43)36-16-8-20-41-44(36)38-15-6-7-19-40(38)53-41/h1-29H. The molecular weight excluding hydrogens is 663 g/mol. The predicted molar refractivity (Wildman–Crippen MR) is 219 cm³/mol. The number of hydrogen-bond donors (Lipinski definition) is 0. The van der Waals surface area contributed by atoms with Gasteiger partial charge in [-0.1, -0.05) is 146 Å². The van der Waals surface area contributed by atoms with E-state index in [1.54, 1.807) is 0 Å². The first-order valence-corrected chi connectivity index (χ1v) is 18.0. The summed E-state index contributed by atoms with van der Waals surface area (Å²) in [6, 6.07) is 60.4. The van der Waals surface area contributed by atoms with Gasteiger partial charge in [0.25, 0.3) is 0 Å². The molecule has 3 aromatic heterocycles. The Kier molecular flexibility index (Phi) is 6.79. The van der Waals surface area contributed by atoms with Crippen LogP contribution in [0, 0.1) is 0 Å². The second kappa shape index (κ2) is 12.1. The Morgan fingerprint density at radius 3 is 1.57 bits per heavy atom. The van der Waals surface area contributed by atoms with Crippen LogP contribution < -0.4 is 0 Å². The van der Waals surface area contributed by atoms with Crippen molar-refractivity contribution in [2.45, 2.75) is 0 Å². The summed E-state index contributed by atoms with van der Waals surface area (Å²) in [4.78, 5) is 15.5. The number of para-hydroxylation sites is 1. The van der Waals surface area contributed by atoms with Crippen LogP contribution in [-0.4, -0.2) is 15.0 Å². The molecule has 252 valence electrons. The molecule has 54 heavy (non-hydrogen) atoms. The fourth-order valence-corrected chi connectivity index (χ4v) is 7.80. The van der Waals surface area contributed by atoms with Gasteiger partial charge in [-0.05, 0) is 63.4 Å². The van der Waals surface area contributed by atoms with Gasteiger partial charge in [0.15, 0.2) is 17.5 Å². The summed E-state index contributed by atoms with van der Waals surface area (Å²) < 4.78 is 12.9. The Bertz CT molecular complexity index is 3210. The molecule has 11 rings (SSSR count). The zero-order chi connectivity index (χ0) is 35.6. The van der Waals surface area contributed by atoms with Crippen molar-refractivity contribution in [3.63, 3.8) is 0 Å². The number of rotatable bonds is 5. The minimum Gasteiger partial charge on any atom is -0.456 e. The highest BCUT2D eigenvalue weighted by Crippen LogP contribution is 2.44. The van der Waals surface area contributed by atoms with Crippen LogP contribution in [-0.2, 0) is 0 Å². The molecule has 0 aliphatic rings. The number of aromatic nitrogens is 3. The van der Waals surface area contributed by atoms with Crippen molar-refractivity contribution in [2.24, 2.45) is 0 Å². The topological polar surface area (TPSA) is 65.0 Å². The maximum absolute atomic E-state index is 6.60. The first-order valence-electron chi connectivity index (χ1n) is 18.0. The van der Waals surface area contributed by atoms with Crippen LogP contribution in [0.15, 0.2) is 185 Å². The summed E-state index contributed by atoms with van der Waals surface area (Å²) >= 11 is 0. The fourth-order valence-electron chi connectivity index (χ4n) is 7.80. The van der Waals surface area contributed by atoms with Gasteiger partial charge in [-0.15, -0.1) is 0 Å². The molecule has 0 amide bonds. The highest BCUT2D eigenvalue weighted by molar-refractivity contribution is 6.21. The highest BCUT2D eigenvalue weighted by Gasteiger charge is 2.22. The van der Waals surface area contributed by atoms with Crippen molar-refractivity contribution in [1.82, 2.24) is 15.0 Å². The molecular formula is C49H29N3O2. The zero-order valence-electron chi connectivity index (χ0n) is 28.9. The van der Waals surface area contributed by atoms with Crippen molar-refractivity contribution < 1.29 is 8.83 Å². The zero-order valence-corrected chi connectivity index (χ0v) is 28.9. The Balaban J connectivity index is 1.15. The van der Waals surface area contributed by atoms with E-state index in [0.29, 0.717) is 17.5 Å². The molecule has 0 fully saturated rings. The van der Waals surface area contributed by atoms with Gasteiger partial charge in [0, 0.05) is 38.2 Å². The Hall–Kier alpha value is -7.37. The van der Waals surface area contributed by atoms with Gasteiger partial charge in [-0.25, -0.2) is 15.0 Å². The quantitative estimate of drug-likeness (QED) is 0.180. The SMILES string of the molecule is c1ccc(-c2ccc(-c3nc(-c4ccc5ccccc5c4)nc(-c4cccc5oc6cccc(-c7cccc8oc9ccccc9c78)c6c45)n3)cc2)cc1. The van der Waals surface area contributed by atoms with E-state index in [2.05, 4.69) is 133 Å². The van der Waals surface area contributed by atoms with Crippen LogP contribution in [0.25, 0.3) is 111 Å². The molecule has 0 aliphatic carbocycles. The first-order chi connectivity index (χ1) is 26.7. The number of fused-ring (bicyclic) bond motifs is 7. The van der Waals surface area contributed by atoms with E-state index in [1.807, 2.05) is 42.5 Å². The smallest absolute Gasteiger partial charge is 0.164 e. The molecule has 0 unspecified atom stereocenters. The first kappa shape index (κ1) is 30.3. The molecule has 5 nitrogen and oxygen atoms in total. The normalized spacial score (nSPS) is 11.7. The van der Waals surface area contributed by atoms with E-state index in [9.17, 15) is 0 Å². The van der Waals surface area contributed by atoms with Gasteiger partial charge in [-0.2, -0.15) is 0 Å². The van der Waals surface area contributed by atoms with Crippen LogP contribution in [0.3, 0.4) is 0 Å². The Morgan fingerprint density at radius 2 is 0.796 bits per heavy atom. The maximum Gasteiger partial charge on any atom is 0.164 e. The van der Waals surface area contributed by atoms with E-state index in [0.717, 1.165) is 93.6 Å². The van der Waals surface area contributed by atoms with E-state index in [4.69, 9.17) is 23.8 Å². The van der Waals surface area contributed by atoms with Gasteiger partial charge >= 0.3 is 0 Å². The summed E-state index contributed by atoms with van der Waals surface area (Å²) in [5.41, 5.74) is 10.4. The summed E-state index contributed by atoms with van der Waals surface area (Å²) in [7, 11) is 0. The van der Waals surface area contributed by atoms with Crippen LogP contribution in [0.5, 0.6) is 0 Å². The third kappa shape index (κ3) is 4.90. The van der Waals surface area contributed by atoms with Crippen molar-refractivity contribution in [2.75, 3.05) is 0 Å². The van der Waals surface area contributed by atoms with Gasteiger partial charge in [-0.3, -0.25) is 0 Å². The van der Waals surface area contributed by atoms with Gasteiger partial charge < -0.3 is 8.83 Å². The summed E-state index contributed by atoms with van der Waals surface area (Å²) in [6.07, 6.45) is 0. The molecule has 3 heterocycles. The molecule has 0 saturated carbocycles. The molecule has 11 aromatic rings. The fraction of sp³-hybridized carbons (Fsp3) is 0. The van der Waals surface area contributed by atoms with Crippen LogP contribution in [0.2, 0.25) is 0 Å². The lowest BCUT2D eigenvalue weighted by Crippen LogP contribution is -2.00. The molecule has 5 heteroatoms. The minimum absolute atomic E-state index is 0.574. The second-order valence-corrected chi connectivity index (χ2v) is 13.5. The third-order valence-corrected chi connectivity index (χ3v) is 10.3. The number of hydrogen-bond acceptors (Lipinski definition) is 5. The van der Waals surface area contributed by atoms with E-state index in [-0.39, 0.29) is 0 Å². The molecule has 0 aliphatic heterocycles. The largest absolute Gasteiger partial charge is 0.456 e. The lowest BCUT2D eigenvalue weighted by molar-refractivity contribution is 0.668. The molecule has 8 aromatic carbocycles. The van der Waals surface area contributed by atoms with Gasteiger partial charge in [0.2, 0.25) is 0 Å². The molecule has 0 saturated heterocycles. The van der Waals surface area contributed by atoms with Crippen LogP contribution >= 0.6 is 0 Å². The van der Waals surface area contributed by atoms with E-state index >= 15 is 0 Å². The van der Waals surface area contributed by atoms with Crippen LogP contribution in [0.1, 0.15) is 0 Å². The average molecular weight is 692 g/mol. The lowest BCUT2D eigenvalue weighted by Gasteiger charge is -2.11. The molecule has 0 N–H and O–H groups in total. The van der Waals surface area contributed by atoms with Crippen molar-refractivity contribution in [3.05, 3.63) is 176 Å². The molecule has 0 spiro atoms. The molecule has 0 atom stereocenters. The predicted octanol–water partition coefficient (Wildman–Crippen LogP) is 13.2. The number of benzene rings is 8. The number of furan rings is 2.